The highest BCUT2D eigenvalue weighted by atomic mass is 19.1. The van der Waals surface area contributed by atoms with Crippen molar-refractivity contribution in [2.45, 2.75) is 20.8 Å². The minimum Gasteiger partial charge on any atom is -0.398 e. The van der Waals surface area contributed by atoms with Gasteiger partial charge in [0.15, 0.2) is 0 Å². The zero-order valence-electron chi connectivity index (χ0n) is 14.4. The van der Waals surface area contributed by atoms with Crippen LogP contribution < -0.4 is 11.5 Å². The number of rotatable bonds is 2. The SMILES string of the molecule is CC.CC(=N)c1c(N)cccc1F.CN=Cc1c(N)cccc1F. The van der Waals surface area contributed by atoms with E-state index in [0.29, 0.717) is 16.9 Å². The Morgan fingerprint density at radius 3 is 1.88 bits per heavy atom. The lowest BCUT2D eigenvalue weighted by molar-refractivity contribution is 0.625. The van der Waals surface area contributed by atoms with Crippen LogP contribution in [-0.4, -0.2) is 19.0 Å². The number of anilines is 2. The van der Waals surface area contributed by atoms with E-state index < -0.39 is 5.82 Å². The molecule has 2 aromatic carbocycles. The molecule has 130 valence electrons. The van der Waals surface area contributed by atoms with Gasteiger partial charge in [-0.15, -0.1) is 0 Å². The molecule has 2 rings (SSSR count). The predicted molar refractivity (Wildman–Crippen MR) is 99.0 cm³/mol. The Morgan fingerprint density at radius 2 is 1.50 bits per heavy atom. The molecule has 24 heavy (non-hydrogen) atoms. The van der Waals surface area contributed by atoms with E-state index in [1.165, 1.54) is 31.3 Å². The Morgan fingerprint density at radius 1 is 1.00 bits per heavy atom. The molecule has 0 aliphatic heterocycles. The third-order valence-corrected chi connectivity index (χ3v) is 2.77. The molecule has 6 heteroatoms. The molecule has 0 spiro atoms. The van der Waals surface area contributed by atoms with Crippen LogP contribution in [0.15, 0.2) is 41.4 Å². The van der Waals surface area contributed by atoms with Crippen LogP contribution in [0.5, 0.6) is 0 Å². The molecule has 2 aromatic rings. The topological polar surface area (TPSA) is 88.2 Å². The number of nitrogens with one attached hydrogen (secondary N) is 1. The summed E-state index contributed by atoms with van der Waals surface area (Å²) in [6, 6.07) is 8.96. The van der Waals surface area contributed by atoms with Gasteiger partial charge in [0.05, 0.1) is 11.1 Å². The minimum absolute atomic E-state index is 0.153. The number of aliphatic imine (C=N–C) groups is 1. The third kappa shape index (κ3) is 6.16. The second kappa shape index (κ2) is 10.9. The van der Waals surface area contributed by atoms with Crippen molar-refractivity contribution in [3.63, 3.8) is 0 Å². The standard InChI is InChI=1S/2C8H9FN2.C2H6/c1-11-5-6-7(9)3-2-4-8(6)10;1-5(10)8-6(9)3-2-4-7(8)11;1-2/h2-5H,10H2,1H3;2-4,10H,11H2,1H3;1-2H3. The molecule has 5 N–H and O–H groups in total. The van der Waals surface area contributed by atoms with Crippen LogP contribution in [0.25, 0.3) is 0 Å². The van der Waals surface area contributed by atoms with Gasteiger partial charge in [-0.1, -0.05) is 26.0 Å². The van der Waals surface area contributed by atoms with Gasteiger partial charge in [-0.25, -0.2) is 8.78 Å². The number of benzene rings is 2. The van der Waals surface area contributed by atoms with Crippen molar-refractivity contribution in [1.29, 1.82) is 5.41 Å². The quantitative estimate of drug-likeness (QED) is 0.565. The van der Waals surface area contributed by atoms with Gasteiger partial charge >= 0.3 is 0 Å². The summed E-state index contributed by atoms with van der Waals surface area (Å²) in [7, 11) is 1.58. The average Bonchev–Trinajstić information content (AvgIpc) is 2.53. The third-order valence-electron chi connectivity index (χ3n) is 2.77. The van der Waals surface area contributed by atoms with Gasteiger partial charge in [-0.05, 0) is 31.2 Å². The summed E-state index contributed by atoms with van der Waals surface area (Å²) in [4.78, 5) is 3.68. The highest BCUT2D eigenvalue weighted by Crippen LogP contribution is 2.15. The molecule has 0 aliphatic rings. The number of halogens is 2. The van der Waals surface area contributed by atoms with E-state index in [-0.39, 0.29) is 17.1 Å². The summed E-state index contributed by atoms with van der Waals surface area (Å²) in [5.74, 6) is -0.770. The predicted octanol–water partition coefficient (Wildman–Crippen LogP) is 4.28. The highest BCUT2D eigenvalue weighted by Gasteiger charge is 2.06. The van der Waals surface area contributed by atoms with E-state index in [1.54, 1.807) is 25.2 Å². The van der Waals surface area contributed by atoms with Crippen LogP contribution in [0.3, 0.4) is 0 Å². The van der Waals surface area contributed by atoms with Gasteiger partial charge in [0.25, 0.3) is 0 Å². The van der Waals surface area contributed by atoms with Crippen LogP contribution in [0, 0.1) is 17.0 Å². The van der Waals surface area contributed by atoms with E-state index in [4.69, 9.17) is 16.9 Å². The average molecular weight is 334 g/mol. The van der Waals surface area contributed by atoms with E-state index in [1.807, 2.05) is 13.8 Å². The molecule has 0 atom stereocenters. The summed E-state index contributed by atoms with van der Waals surface area (Å²) >= 11 is 0. The molecule has 0 saturated carbocycles. The van der Waals surface area contributed by atoms with Crippen molar-refractivity contribution < 1.29 is 8.78 Å². The molecule has 0 saturated heterocycles. The maximum atomic E-state index is 12.9. The van der Waals surface area contributed by atoms with Gasteiger partial charge in [-0.3, -0.25) is 4.99 Å². The number of nitrogens with zero attached hydrogens (tertiary/aromatic N) is 1. The Hall–Kier alpha value is -2.76. The first-order valence-electron chi connectivity index (χ1n) is 7.44. The molecule has 0 amide bonds. The zero-order chi connectivity index (χ0) is 18.7. The molecule has 0 aliphatic carbocycles. The van der Waals surface area contributed by atoms with Crippen molar-refractivity contribution in [3.05, 3.63) is 59.2 Å². The lowest BCUT2D eigenvalue weighted by atomic mass is 10.1. The number of nitrogen functional groups attached to an aromatic ring is 2. The Labute approximate surface area is 141 Å². The van der Waals surface area contributed by atoms with Crippen molar-refractivity contribution in [1.82, 2.24) is 0 Å². The number of hydrogen-bond donors (Lipinski definition) is 3. The molecular formula is C18H24F2N4. The van der Waals surface area contributed by atoms with Crippen LogP contribution in [0.2, 0.25) is 0 Å². The second-order valence-corrected chi connectivity index (χ2v) is 4.46. The summed E-state index contributed by atoms with van der Waals surface area (Å²) in [5, 5.41) is 7.20. The van der Waals surface area contributed by atoms with Gasteiger partial charge in [0.1, 0.15) is 11.6 Å². The van der Waals surface area contributed by atoms with E-state index in [2.05, 4.69) is 4.99 Å². The van der Waals surface area contributed by atoms with Gasteiger partial charge in [0, 0.05) is 30.3 Å². The van der Waals surface area contributed by atoms with Gasteiger partial charge < -0.3 is 16.9 Å². The van der Waals surface area contributed by atoms with E-state index in [9.17, 15) is 8.78 Å². The van der Waals surface area contributed by atoms with Crippen molar-refractivity contribution in [2.75, 3.05) is 18.5 Å². The molecule has 0 fully saturated rings. The maximum Gasteiger partial charge on any atom is 0.134 e. The fraction of sp³-hybridized carbons (Fsp3) is 0.222. The molecule has 0 radical (unpaired) electrons. The monoisotopic (exact) mass is 334 g/mol. The van der Waals surface area contributed by atoms with E-state index >= 15 is 0 Å². The zero-order valence-corrected chi connectivity index (χ0v) is 14.4. The largest absolute Gasteiger partial charge is 0.398 e. The van der Waals surface area contributed by atoms with Crippen molar-refractivity contribution in [2.24, 2.45) is 4.99 Å². The minimum atomic E-state index is -0.433. The summed E-state index contributed by atoms with van der Waals surface area (Å²) < 4.78 is 25.7. The maximum absolute atomic E-state index is 12.9. The summed E-state index contributed by atoms with van der Waals surface area (Å²) in [6.45, 7) is 5.51. The normalized spacial score (nSPS) is 9.58. The van der Waals surface area contributed by atoms with Crippen LogP contribution in [0.1, 0.15) is 31.9 Å². The second-order valence-electron chi connectivity index (χ2n) is 4.46. The smallest absolute Gasteiger partial charge is 0.134 e. The fourth-order valence-corrected chi connectivity index (χ4v) is 1.76. The highest BCUT2D eigenvalue weighted by molar-refractivity contribution is 6.01. The van der Waals surface area contributed by atoms with Gasteiger partial charge in [-0.2, -0.15) is 0 Å². The summed E-state index contributed by atoms with van der Waals surface area (Å²) in [5.41, 5.74) is 12.4. The molecule has 4 nitrogen and oxygen atoms in total. The number of hydrogen-bond acceptors (Lipinski definition) is 4. The molecular weight excluding hydrogens is 310 g/mol. The van der Waals surface area contributed by atoms with E-state index in [0.717, 1.165) is 0 Å². The first-order chi connectivity index (χ1) is 11.4. The van der Waals surface area contributed by atoms with Crippen LogP contribution in [-0.2, 0) is 0 Å². The fourth-order valence-electron chi connectivity index (χ4n) is 1.76. The summed E-state index contributed by atoms with van der Waals surface area (Å²) in [6.07, 6.45) is 1.41. The lowest BCUT2D eigenvalue weighted by Crippen LogP contribution is -2.02. The molecule has 0 bridgehead atoms. The molecule has 0 aromatic heterocycles. The van der Waals surface area contributed by atoms with Gasteiger partial charge in [0.2, 0.25) is 0 Å². The van der Waals surface area contributed by atoms with Crippen molar-refractivity contribution >= 4 is 23.3 Å². The molecule has 0 heterocycles. The lowest BCUT2D eigenvalue weighted by Gasteiger charge is -2.03. The Kier molecular flexibility index (Phi) is 9.63. The first kappa shape index (κ1) is 21.2. The number of nitrogens with two attached hydrogens (primary N) is 2. The van der Waals surface area contributed by atoms with Crippen molar-refractivity contribution in [3.8, 4) is 0 Å². The Bertz CT molecular complexity index is 657. The molecule has 0 unspecified atom stereocenters. The first-order valence-corrected chi connectivity index (χ1v) is 7.44. The Balaban J connectivity index is 0.000000400. The van der Waals surface area contributed by atoms with Crippen LogP contribution in [0.4, 0.5) is 20.2 Å². The van der Waals surface area contributed by atoms with Crippen LogP contribution >= 0.6 is 0 Å².